The standard InChI is InChI=1S/C35H43NO8/c1-2-23(19-24-12-15-26(38)16-13-24)14-17-30(39)32-25(22-44-27-9-5-3-6-10-27)20-28-33(29(32)21-37)35(43)36(34(28)42)18-8-4-7-11-31(40)41/h3,5-6,9-10,12-13,15-16,19,28-30,33,37-39H,2,4,7-8,11,14,17-18,20-22H2,1H3,(H,40,41)/b23-19+/t28-,29+,30-,33-/m1/s1. The van der Waals surface area contributed by atoms with Crippen LogP contribution in [0.2, 0.25) is 0 Å². The topological polar surface area (TPSA) is 145 Å². The van der Waals surface area contributed by atoms with E-state index < -0.39 is 36.4 Å². The van der Waals surface area contributed by atoms with Gasteiger partial charge in [0.2, 0.25) is 11.8 Å². The number of aliphatic hydroxyl groups is 2. The van der Waals surface area contributed by atoms with Crippen molar-refractivity contribution in [3.8, 4) is 11.5 Å². The molecule has 9 heteroatoms. The van der Waals surface area contributed by atoms with Gasteiger partial charge in [0, 0.05) is 18.9 Å². The van der Waals surface area contributed by atoms with E-state index in [2.05, 4.69) is 0 Å². The number of aromatic hydroxyl groups is 1. The minimum Gasteiger partial charge on any atom is -0.508 e. The summed E-state index contributed by atoms with van der Waals surface area (Å²) in [5, 5.41) is 40.7. The third kappa shape index (κ3) is 8.15. The second kappa shape index (κ2) is 15.7. The number of benzene rings is 2. The number of amides is 2. The average Bonchev–Trinajstić information content (AvgIpc) is 3.26. The minimum absolute atomic E-state index is 0.0412. The number of carbonyl (C=O) groups excluding carboxylic acids is 2. The number of likely N-dealkylation sites (tertiary alicyclic amines) is 1. The van der Waals surface area contributed by atoms with Crippen LogP contribution in [0.3, 0.4) is 0 Å². The zero-order chi connectivity index (χ0) is 31.6. The first-order valence-corrected chi connectivity index (χ1v) is 15.5. The predicted octanol–water partition coefficient (Wildman–Crippen LogP) is 4.96. The van der Waals surface area contributed by atoms with Gasteiger partial charge in [-0.2, -0.15) is 0 Å². The van der Waals surface area contributed by atoms with E-state index in [1.807, 2.05) is 55.5 Å². The number of rotatable bonds is 16. The Morgan fingerprint density at radius 3 is 2.41 bits per heavy atom. The largest absolute Gasteiger partial charge is 0.508 e. The van der Waals surface area contributed by atoms with Crippen molar-refractivity contribution in [2.75, 3.05) is 19.8 Å². The maximum atomic E-state index is 13.6. The number of carboxylic acids is 1. The average molecular weight is 606 g/mol. The number of fused-ring (bicyclic) bond motifs is 1. The molecule has 4 atom stereocenters. The summed E-state index contributed by atoms with van der Waals surface area (Å²) in [6, 6.07) is 16.1. The number of aliphatic hydroxyl groups excluding tert-OH is 2. The van der Waals surface area contributed by atoms with E-state index in [0.29, 0.717) is 43.4 Å². The zero-order valence-electron chi connectivity index (χ0n) is 25.2. The van der Waals surface area contributed by atoms with Gasteiger partial charge in [-0.05, 0) is 79.5 Å². The number of para-hydroxylation sites is 1. The van der Waals surface area contributed by atoms with Crippen LogP contribution in [0.25, 0.3) is 6.08 Å². The summed E-state index contributed by atoms with van der Waals surface area (Å²) in [6.07, 6.45) is 4.65. The van der Waals surface area contributed by atoms with Crippen molar-refractivity contribution in [2.45, 2.75) is 64.4 Å². The van der Waals surface area contributed by atoms with Crippen LogP contribution >= 0.6 is 0 Å². The monoisotopic (exact) mass is 605 g/mol. The van der Waals surface area contributed by atoms with Crippen LogP contribution in [-0.2, 0) is 14.4 Å². The van der Waals surface area contributed by atoms with E-state index in [-0.39, 0.29) is 43.6 Å². The quantitative estimate of drug-likeness (QED) is 0.119. The lowest BCUT2D eigenvalue weighted by molar-refractivity contribution is -0.141. The van der Waals surface area contributed by atoms with Crippen LogP contribution in [0, 0.1) is 17.8 Å². The minimum atomic E-state index is -0.954. The fraction of sp³-hybridized carbons (Fsp3) is 0.457. The van der Waals surface area contributed by atoms with Crippen LogP contribution in [-0.4, -0.2) is 69.0 Å². The number of hydrogen-bond acceptors (Lipinski definition) is 7. The fourth-order valence-corrected chi connectivity index (χ4v) is 6.42. The molecule has 0 spiro atoms. The molecule has 1 aliphatic carbocycles. The Morgan fingerprint density at radius 2 is 1.75 bits per heavy atom. The number of ether oxygens (including phenoxy) is 1. The Hall–Kier alpha value is -3.95. The molecule has 2 amide bonds. The lowest BCUT2D eigenvalue weighted by atomic mass is 9.68. The van der Waals surface area contributed by atoms with Gasteiger partial charge < -0.3 is 25.2 Å². The molecule has 2 aromatic rings. The molecule has 0 unspecified atom stereocenters. The van der Waals surface area contributed by atoms with Gasteiger partial charge in [-0.25, -0.2) is 0 Å². The first kappa shape index (κ1) is 33.0. The highest BCUT2D eigenvalue weighted by molar-refractivity contribution is 6.05. The number of carboxylic acid groups (broad SMARTS) is 1. The Labute approximate surface area is 258 Å². The molecule has 2 aliphatic rings. The van der Waals surface area contributed by atoms with Crippen molar-refractivity contribution in [2.24, 2.45) is 17.8 Å². The summed E-state index contributed by atoms with van der Waals surface area (Å²) in [5.41, 5.74) is 3.35. The summed E-state index contributed by atoms with van der Waals surface area (Å²) in [5.74, 6) is -2.82. The van der Waals surface area contributed by atoms with Crippen LogP contribution in [0.5, 0.6) is 11.5 Å². The summed E-state index contributed by atoms with van der Waals surface area (Å²) in [6.45, 7) is 1.98. The molecule has 0 aromatic heterocycles. The Kier molecular flexibility index (Phi) is 11.7. The number of allylic oxidation sites excluding steroid dienone is 1. The Morgan fingerprint density at radius 1 is 1.02 bits per heavy atom. The number of phenolic OH excluding ortho intramolecular Hbond substituents is 1. The number of unbranched alkanes of at least 4 members (excludes halogenated alkanes) is 2. The molecular weight excluding hydrogens is 562 g/mol. The highest BCUT2D eigenvalue weighted by atomic mass is 16.5. The first-order valence-electron chi connectivity index (χ1n) is 15.5. The van der Waals surface area contributed by atoms with E-state index in [9.17, 15) is 29.7 Å². The van der Waals surface area contributed by atoms with E-state index in [0.717, 1.165) is 23.1 Å². The molecular formula is C35H43NO8. The lowest BCUT2D eigenvalue weighted by Gasteiger charge is -2.36. The highest BCUT2D eigenvalue weighted by Gasteiger charge is 2.54. The molecule has 4 rings (SSSR count). The fourth-order valence-electron chi connectivity index (χ4n) is 6.42. The van der Waals surface area contributed by atoms with Crippen LogP contribution in [0.4, 0.5) is 0 Å². The van der Waals surface area contributed by atoms with Gasteiger partial charge in [0.25, 0.3) is 0 Å². The second-order valence-electron chi connectivity index (χ2n) is 11.6. The summed E-state index contributed by atoms with van der Waals surface area (Å²) in [7, 11) is 0. The molecule has 1 saturated heterocycles. The number of hydrogen-bond donors (Lipinski definition) is 4. The van der Waals surface area contributed by atoms with Crippen LogP contribution in [0.1, 0.15) is 63.9 Å². The maximum Gasteiger partial charge on any atom is 0.303 e. The molecule has 1 heterocycles. The third-order valence-corrected chi connectivity index (χ3v) is 8.72. The molecule has 0 saturated carbocycles. The second-order valence-corrected chi connectivity index (χ2v) is 11.6. The van der Waals surface area contributed by atoms with Gasteiger partial charge in [-0.1, -0.05) is 55.3 Å². The SMILES string of the molecule is CC/C(=C\c1ccc(O)cc1)CC[C@@H](O)C1=C(COc2ccccc2)C[C@H]2C(=O)N(CCCCCC(=O)O)C(=O)[C@H]2[C@H]1CO. The van der Waals surface area contributed by atoms with Gasteiger partial charge >= 0.3 is 5.97 Å². The normalized spacial score (nSPS) is 21.0. The highest BCUT2D eigenvalue weighted by Crippen LogP contribution is 2.46. The van der Waals surface area contributed by atoms with Crippen LogP contribution < -0.4 is 4.74 Å². The molecule has 9 nitrogen and oxygen atoms in total. The Balaban J connectivity index is 1.55. The van der Waals surface area contributed by atoms with E-state index in [1.165, 1.54) is 4.90 Å². The third-order valence-electron chi connectivity index (χ3n) is 8.72. The predicted molar refractivity (Wildman–Crippen MR) is 166 cm³/mol. The van der Waals surface area contributed by atoms with Gasteiger partial charge in [0.05, 0.1) is 24.5 Å². The number of nitrogens with zero attached hydrogens (tertiary/aromatic N) is 1. The molecule has 0 radical (unpaired) electrons. The van der Waals surface area contributed by atoms with Crippen molar-refractivity contribution in [1.29, 1.82) is 0 Å². The molecule has 0 bridgehead atoms. The van der Waals surface area contributed by atoms with Crippen molar-refractivity contribution < 1.29 is 39.5 Å². The van der Waals surface area contributed by atoms with E-state index >= 15 is 0 Å². The Bertz CT molecular complexity index is 1350. The first-order chi connectivity index (χ1) is 21.2. The molecule has 236 valence electrons. The number of aliphatic carboxylic acids is 1. The number of phenols is 1. The van der Waals surface area contributed by atoms with Crippen molar-refractivity contribution >= 4 is 23.9 Å². The van der Waals surface area contributed by atoms with Gasteiger partial charge in [0.15, 0.2) is 0 Å². The maximum absolute atomic E-state index is 13.6. The zero-order valence-corrected chi connectivity index (χ0v) is 25.2. The van der Waals surface area contributed by atoms with Gasteiger partial charge in [-0.3, -0.25) is 19.3 Å². The smallest absolute Gasteiger partial charge is 0.303 e. The molecule has 4 N–H and O–H groups in total. The number of carbonyl (C=O) groups is 3. The summed E-state index contributed by atoms with van der Waals surface area (Å²) in [4.78, 5) is 39.2. The van der Waals surface area contributed by atoms with E-state index in [1.54, 1.807) is 12.1 Å². The summed E-state index contributed by atoms with van der Waals surface area (Å²) >= 11 is 0. The van der Waals surface area contributed by atoms with Crippen molar-refractivity contribution in [3.63, 3.8) is 0 Å². The summed E-state index contributed by atoms with van der Waals surface area (Å²) < 4.78 is 6.06. The van der Waals surface area contributed by atoms with Gasteiger partial charge in [0.1, 0.15) is 18.1 Å². The molecule has 44 heavy (non-hydrogen) atoms. The van der Waals surface area contributed by atoms with Crippen molar-refractivity contribution in [1.82, 2.24) is 4.90 Å². The van der Waals surface area contributed by atoms with Gasteiger partial charge in [-0.15, -0.1) is 0 Å². The van der Waals surface area contributed by atoms with Crippen molar-refractivity contribution in [3.05, 3.63) is 76.9 Å². The lowest BCUT2D eigenvalue weighted by Crippen LogP contribution is -2.40. The molecule has 1 aliphatic heterocycles. The molecule has 2 aromatic carbocycles. The van der Waals surface area contributed by atoms with E-state index in [4.69, 9.17) is 9.84 Å². The van der Waals surface area contributed by atoms with Crippen LogP contribution in [0.15, 0.2) is 71.3 Å². The molecule has 1 fully saturated rings. The number of imide groups is 1.